The highest BCUT2D eigenvalue weighted by molar-refractivity contribution is 6.18. The Morgan fingerprint density at radius 2 is 0.943 bits per heavy atom. The first-order valence-electron chi connectivity index (χ1n) is 11.2. The lowest BCUT2D eigenvalue weighted by Crippen LogP contribution is -2.34. The van der Waals surface area contributed by atoms with Crippen molar-refractivity contribution in [2.24, 2.45) is 11.8 Å². The van der Waals surface area contributed by atoms with Crippen molar-refractivity contribution in [1.29, 1.82) is 0 Å². The number of rotatable bonds is 8. The van der Waals surface area contributed by atoms with Crippen LogP contribution in [-0.2, 0) is 19.1 Å². The first-order valence-corrected chi connectivity index (χ1v) is 11.2. The lowest BCUT2D eigenvalue weighted by Gasteiger charge is -2.20. The molecule has 6 nitrogen and oxygen atoms in total. The van der Waals surface area contributed by atoms with Crippen molar-refractivity contribution in [3.63, 3.8) is 0 Å². The Balaban J connectivity index is 1.76. The number of carbonyl (C=O) groups is 4. The summed E-state index contributed by atoms with van der Waals surface area (Å²) in [4.78, 5) is 52.8. The molecule has 0 heterocycles. The molecule has 0 aromatic heterocycles. The number of ketones is 2. The lowest BCUT2D eigenvalue weighted by molar-refractivity contribution is -0.146. The topological polar surface area (TPSA) is 86.7 Å². The van der Waals surface area contributed by atoms with E-state index < -0.39 is 35.3 Å². The second-order valence-corrected chi connectivity index (χ2v) is 8.17. The Morgan fingerprint density at radius 3 is 1.34 bits per heavy atom. The normalized spacial score (nSPS) is 12.6. The van der Waals surface area contributed by atoms with Crippen LogP contribution >= 0.6 is 0 Å². The van der Waals surface area contributed by atoms with E-state index in [0.717, 1.165) is 10.8 Å². The van der Waals surface area contributed by atoms with Gasteiger partial charge in [0.15, 0.2) is 11.6 Å². The van der Waals surface area contributed by atoms with Crippen LogP contribution in [0.2, 0.25) is 0 Å². The van der Waals surface area contributed by atoms with Gasteiger partial charge in [-0.25, -0.2) is 0 Å². The van der Waals surface area contributed by atoms with E-state index in [1.165, 1.54) is 14.2 Å². The van der Waals surface area contributed by atoms with Gasteiger partial charge in [0.05, 0.1) is 14.2 Å². The highest BCUT2D eigenvalue weighted by atomic mass is 16.5. The summed E-state index contributed by atoms with van der Waals surface area (Å²) < 4.78 is 9.83. The van der Waals surface area contributed by atoms with Crippen molar-refractivity contribution in [1.82, 2.24) is 0 Å². The van der Waals surface area contributed by atoms with Gasteiger partial charge in [0.1, 0.15) is 11.8 Å². The number of methoxy groups -OCH3 is 2. The third kappa shape index (κ3) is 4.68. The summed E-state index contributed by atoms with van der Waals surface area (Å²) in [6.45, 7) is 0. The SMILES string of the molecule is COC(=O)C(CC(C(=O)OC)C(=O)c1cccc2ccccc12)C(=O)c1cccc2ccccc12. The average Bonchev–Trinajstić information content (AvgIpc) is 2.91. The summed E-state index contributed by atoms with van der Waals surface area (Å²) in [5.41, 5.74) is 0.638. The molecule has 0 spiro atoms. The van der Waals surface area contributed by atoms with E-state index in [0.29, 0.717) is 21.9 Å². The maximum atomic E-state index is 13.6. The molecule has 2 atom stereocenters. The summed E-state index contributed by atoms with van der Waals surface area (Å²) in [6.07, 6.45) is -0.372. The molecule has 0 bridgehead atoms. The molecule has 0 N–H and O–H groups in total. The zero-order valence-corrected chi connectivity index (χ0v) is 19.4. The lowest BCUT2D eigenvalue weighted by atomic mass is 9.83. The molecule has 0 amide bonds. The van der Waals surface area contributed by atoms with Crippen LogP contribution in [0.5, 0.6) is 0 Å². The zero-order chi connectivity index (χ0) is 24.9. The largest absolute Gasteiger partial charge is 0.468 e. The van der Waals surface area contributed by atoms with Gasteiger partial charge in [0, 0.05) is 11.1 Å². The van der Waals surface area contributed by atoms with Crippen LogP contribution < -0.4 is 0 Å². The Hall–Kier alpha value is -4.32. The number of fused-ring (bicyclic) bond motifs is 2. The molecule has 0 aliphatic carbocycles. The summed E-state index contributed by atoms with van der Waals surface area (Å²) in [6, 6.07) is 25.0. The number of Topliss-reactive ketones (excluding diaryl/α,β-unsaturated/α-hetero) is 2. The van der Waals surface area contributed by atoms with Crippen LogP contribution in [-0.4, -0.2) is 37.7 Å². The van der Waals surface area contributed by atoms with Gasteiger partial charge in [0.2, 0.25) is 0 Å². The quantitative estimate of drug-likeness (QED) is 0.205. The van der Waals surface area contributed by atoms with Gasteiger partial charge in [-0.15, -0.1) is 0 Å². The maximum absolute atomic E-state index is 13.6. The molecular formula is C29H24O6. The molecule has 4 aromatic carbocycles. The second-order valence-electron chi connectivity index (χ2n) is 8.17. The molecular weight excluding hydrogens is 444 g/mol. The van der Waals surface area contributed by atoms with Crippen molar-refractivity contribution in [3.05, 3.63) is 96.1 Å². The Kier molecular flexibility index (Phi) is 7.01. The number of hydrogen-bond acceptors (Lipinski definition) is 6. The molecule has 0 saturated carbocycles. The number of hydrogen-bond donors (Lipinski definition) is 0. The Labute approximate surface area is 202 Å². The molecule has 0 radical (unpaired) electrons. The minimum Gasteiger partial charge on any atom is -0.468 e. The van der Waals surface area contributed by atoms with E-state index in [2.05, 4.69) is 0 Å². The van der Waals surface area contributed by atoms with Crippen LogP contribution in [0.15, 0.2) is 84.9 Å². The molecule has 4 aromatic rings. The highest BCUT2D eigenvalue weighted by Crippen LogP contribution is 2.29. The van der Waals surface area contributed by atoms with Crippen molar-refractivity contribution in [2.75, 3.05) is 14.2 Å². The van der Waals surface area contributed by atoms with Gasteiger partial charge in [-0.3, -0.25) is 19.2 Å². The molecule has 0 fully saturated rings. The fourth-order valence-corrected chi connectivity index (χ4v) is 4.40. The minimum atomic E-state index is -1.37. The fraction of sp³-hybridized carbons (Fsp3) is 0.172. The maximum Gasteiger partial charge on any atom is 0.316 e. The van der Waals surface area contributed by atoms with Crippen molar-refractivity contribution >= 4 is 45.0 Å². The smallest absolute Gasteiger partial charge is 0.316 e. The molecule has 6 heteroatoms. The molecule has 35 heavy (non-hydrogen) atoms. The zero-order valence-electron chi connectivity index (χ0n) is 19.4. The Bertz CT molecular complexity index is 1320. The molecule has 0 aliphatic heterocycles. The predicted octanol–water partition coefficient (Wildman–Crippen LogP) is 5.03. The number of esters is 2. The second kappa shape index (κ2) is 10.3. The first-order chi connectivity index (χ1) is 17.0. The molecule has 2 unspecified atom stereocenters. The van der Waals surface area contributed by atoms with E-state index in [1.54, 1.807) is 48.5 Å². The van der Waals surface area contributed by atoms with E-state index in [4.69, 9.17) is 9.47 Å². The molecule has 176 valence electrons. The average molecular weight is 469 g/mol. The van der Waals surface area contributed by atoms with Crippen LogP contribution in [0, 0.1) is 11.8 Å². The number of carbonyl (C=O) groups excluding carboxylic acids is 4. The molecule has 4 rings (SSSR count). The van der Waals surface area contributed by atoms with Gasteiger partial charge in [-0.05, 0) is 28.0 Å². The van der Waals surface area contributed by atoms with Crippen molar-refractivity contribution in [3.8, 4) is 0 Å². The Morgan fingerprint density at radius 1 is 0.571 bits per heavy atom. The van der Waals surface area contributed by atoms with Gasteiger partial charge >= 0.3 is 11.9 Å². The minimum absolute atomic E-state index is 0.319. The summed E-state index contributed by atoms with van der Waals surface area (Å²) in [5, 5.41) is 3.00. The summed E-state index contributed by atoms with van der Waals surface area (Å²) in [5.74, 6) is -5.41. The van der Waals surface area contributed by atoms with Crippen LogP contribution in [0.1, 0.15) is 27.1 Å². The summed E-state index contributed by atoms with van der Waals surface area (Å²) in [7, 11) is 2.34. The molecule has 0 aliphatic rings. The van der Waals surface area contributed by atoms with Crippen molar-refractivity contribution < 1.29 is 28.7 Å². The van der Waals surface area contributed by atoms with Crippen LogP contribution in [0.3, 0.4) is 0 Å². The predicted molar refractivity (Wildman–Crippen MR) is 132 cm³/mol. The van der Waals surface area contributed by atoms with Crippen LogP contribution in [0.25, 0.3) is 21.5 Å². The van der Waals surface area contributed by atoms with E-state index in [1.807, 2.05) is 36.4 Å². The third-order valence-corrected chi connectivity index (χ3v) is 6.19. The monoisotopic (exact) mass is 468 g/mol. The van der Waals surface area contributed by atoms with Crippen LogP contribution in [0.4, 0.5) is 0 Å². The first kappa shape index (κ1) is 23.8. The van der Waals surface area contributed by atoms with Gasteiger partial charge in [0.25, 0.3) is 0 Å². The standard InChI is InChI=1S/C29H24O6/c1-34-28(32)24(26(30)22-15-7-11-18-9-3-5-13-20(18)22)17-25(29(33)35-2)27(31)23-16-8-12-19-10-4-6-14-21(19)23/h3-16,24-25H,17H2,1-2H3. The number of benzene rings is 4. The van der Waals surface area contributed by atoms with Gasteiger partial charge < -0.3 is 9.47 Å². The third-order valence-electron chi connectivity index (χ3n) is 6.19. The van der Waals surface area contributed by atoms with E-state index >= 15 is 0 Å². The fourth-order valence-electron chi connectivity index (χ4n) is 4.40. The summed E-state index contributed by atoms with van der Waals surface area (Å²) >= 11 is 0. The van der Waals surface area contributed by atoms with Crippen molar-refractivity contribution in [2.45, 2.75) is 6.42 Å². The van der Waals surface area contributed by atoms with Gasteiger partial charge in [-0.2, -0.15) is 0 Å². The highest BCUT2D eigenvalue weighted by Gasteiger charge is 2.39. The van der Waals surface area contributed by atoms with E-state index in [-0.39, 0.29) is 6.42 Å². The number of ether oxygens (including phenoxy) is 2. The van der Waals surface area contributed by atoms with E-state index in [9.17, 15) is 19.2 Å². The molecule has 0 saturated heterocycles. The van der Waals surface area contributed by atoms with Gasteiger partial charge in [-0.1, -0.05) is 84.9 Å².